The monoisotopic (exact) mass is 197 g/mol. The smallest absolute Gasteiger partial charge is 0.00165 e. The molecule has 1 heterocycles. The summed E-state index contributed by atoms with van der Waals surface area (Å²) in [6.07, 6.45) is 10.3. The highest BCUT2D eigenvalue weighted by Crippen LogP contribution is 2.45. The van der Waals surface area contributed by atoms with Crippen LogP contribution in [0, 0.1) is 5.41 Å². The summed E-state index contributed by atoms with van der Waals surface area (Å²) in [5.74, 6) is 0. The molecule has 1 nitrogen and oxygen atoms in total. The van der Waals surface area contributed by atoms with Gasteiger partial charge in [0, 0.05) is 0 Å². The Morgan fingerprint density at radius 3 is 1.79 bits per heavy atom. The first-order chi connectivity index (χ1) is 6.72. The van der Waals surface area contributed by atoms with Crippen LogP contribution in [-0.2, 0) is 0 Å². The van der Waals surface area contributed by atoms with Crippen molar-refractivity contribution >= 4 is 0 Å². The Balaban J connectivity index is 0.000000293. The first-order valence-electron chi connectivity index (χ1n) is 6.41. The molecule has 0 amide bonds. The van der Waals surface area contributed by atoms with Crippen LogP contribution in [-0.4, -0.2) is 25.0 Å². The van der Waals surface area contributed by atoms with Gasteiger partial charge < -0.3 is 4.90 Å². The minimum Gasteiger partial charge on any atom is -0.306 e. The van der Waals surface area contributed by atoms with Gasteiger partial charge in [0.1, 0.15) is 0 Å². The third-order valence-electron chi connectivity index (χ3n) is 3.71. The number of piperidine rings is 1. The fourth-order valence-corrected chi connectivity index (χ4v) is 2.72. The van der Waals surface area contributed by atoms with E-state index in [0.29, 0.717) is 0 Å². The molecule has 1 saturated heterocycles. The molecule has 1 aliphatic heterocycles. The van der Waals surface area contributed by atoms with Gasteiger partial charge in [-0.2, -0.15) is 0 Å². The fraction of sp³-hybridized carbons (Fsp3) is 1.00. The molecule has 1 heteroatoms. The maximum Gasteiger partial charge on any atom is -0.00165 e. The Morgan fingerprint density at radius 2 is 1.36 bits per heavy atom. The van der Waals surface area contributed by atoms with Crippen molar-refractivity contribution in [2.75, 3.05) is 20.1 Å². The van der Waals surface area contributed by atoms with Gasteiger partial charge in [-0.15, -0.1) is 0 Å². The van der Waals surface area contributed by atoms with E-state index in [2.05, 4.69) is 25.8 Å². The molecule has 1 aliphatic carbocycles. The molecule has 0 aromatic rings. The predicted molar refractivity (Wildman–Crippen MR) is 63.6 cm³/mol. The van der Waals surface area contributed by atoms with Gasteiger partial charge in [-0.05, 0) is 51.2 Å². The zero-order chi connectivity index (χ0) is 10.4. The minimum absolute atomic E-state index is 0.812. The molecule has 0 aromatic heterocycles. The summed E-state index contributed by atoms with van der Waals surface area (Å²) in [6.45, 7) is 6.94. The zero-order valence-electron chi connectivity index (χ0n) is 10.3. The van der Waals surface area contributed by atoms with E-state index in [1.165, 1.54) is 58.0 Å². The highest BCUT2D eigenvalue weighted by molar-refractivity contribution is 4.88. The van der Waals surface area contributed by atoms with Crippen molar-refractivity contribution in [1.82, 2.24) is 4.90 Å². The maximum atomic E-state index is 2.48. The van der Waals surface area contributed by atoms with Gasteiger partial charge in [-0.3, -0.25) is 0 Å². The lowest BCUT2D eigenvalue weighted by Crippen LogP contribution is -2.36. The molecule has 14 heavy (non-hydrogen) atoms. The molecule has 1 spiro atoms. The van der Waals surface area contributed by atoms with Crippen LogP contribution in [0.2, 0.25) is 0 Å². The van der Waals surface area contributed by atoms with E-state index < -0.39 is 0 Å². The van der Waals surface area contributed by atoms with Crippen LogP contribution in [0.5, 0.6) is 0 Å². The van der Waals surface area contributed by atoms with Crippen molar-refractivity contribution in [3.63, 3.8) is 0 Å². The summed E-state index contributed by atoms with van der Waals surface area (Å²) < 4.78 is 0. The second-order valence-corrected chi connectivity index (χ2v) is 5.22. The lowest BCUT2D eigenvalue weighted by molar-refractivity contribution is 0.128. The van der Waals surface area contributed by atoms with E-state index in [0.717, 1.165) is 5.41 Å². The Bertz CT molecular complexity index is 137. The fourth-order valence-electron chi connectivity index (χ4n) is 2.72. The molecule has 84 valence electrons. The van der Waals surface area contributed by atoms with Crippen LogP contribution in [0.4, 0.5) is 0 Å². The van der Waals surface area contributed by atoms with Crippen molar-refractivity contribution in [2.24, 2.45) is 5.41 Å². The molecular formula is C13H27N. The number of likely N-dealkylation sites (tertiary alicyclic amines) is 1. The number of nitrogens with zero attached hydrogens (tertiary/aromatic N) is 1. The molecule has 0 atom stereocenters. The van der Waals surface area contributed by atoms with E-state index in [9.17, 15) is 0 Å². The second kappa shape index (κ2) is 5.75. The molecule has 0 bridgehead atoms. The van der Waals surface area contributed by atoms with Crippen molar-refractivity contribution in [2.45, 2.75) is 58.8 Å². The number of hydrogen-bond acceptors (Lipinski definition) is 1. The lowest BCUT2D eigenvalue weighted by atomic mass is 9.77. The summed E-state index contributed by atoms with van der Waals surface area (Å²) in [7, 11) is 2.25. The second-order valence-electron chi connectivity index (χ2n) is 5.22. The molecule has 2 rings (SSSR count). The number of rotatable bonds is 0. The van der Waals surface area contributed by atoms with Crippen LogP contribution < -0.4 is 0 Å². The van der Waals surface area contributed by atoms with Crippen LogP contribution >= 0.6 is 0 Å². The lowest BCUT2D eigenvalue weighted by Gasteiger charge is -2.37. The van der Waals surface area contributed by atoms with Crippen molar-refractivity contribution in [3.8, 4) is 0 Å². The molecule has 0 aromatic carbocycles. The van der Waals surface area contributed by atoms with Gasteiger partial charge in [-0.25, -0.2) is 0 Å². The highest BCUT2D eigenvalue weighted by Gasteiger charge is 2.35. The quantitative estimate of drug-likeness (QED) is 0.572. The van der Waals surface area contributed by atoms with Crippen molar-refractivity contribution < 1.29 is 0 Å². The average Bonchev–Trinajstić information content (AvgIpc) is 2.61. The summed E-state index contributed by atoms with van der Waals surface area (Å²) in [5.41, 5.74) is 0.812. The summed E-state index contributed by atoms with van der Waals surface area (Å²) in [4.78, 5) is 2.48. The van der Waals surface area contributed by atoms with Gasteiger partial charge in [0.05, 0.1) is 0 Å². The highest BCUT2D eigenvalue weighted by atomic mass is 15.1. The van der Waals surface area contributed by atoms with Crippen molar-refractivity contribution in [1.29, 1.82) is 0 Å². The SMILES string of the molecule is CCC.CN1CCC2(CCCC2)CC1. The van der Waals surface area contributed by atoms with Gasteiger partial charge in [0.15, 0.2) is 0 Å². The summed E-state index contributed by atoms with van der Waals surface area (Å²) >= 11 is 0. The molecule has 2 fully saturated rings. The van der Waals surface area contributed by atoms with E-state index in [1.807, 2.05) is 0 Å². The van der Waals surface area contributed by atoms with Gasteiger partial charge >= 0.3 is 0 Å². The Kier molecular flexibility index (Phi) is 4.94. The Hall–Kier alpha value is -0.0400. The largest absolute Gasteiger partial charge is 0.306 e. The third kappa shape index (κ3) is 3.27. The van der Waals surface area contributed by atoms with E-state index >= 15 is 0 Å². The van der Waals surface area contributed by atoms with Crippen molar-refractivity contribution in [3.05, 3.63) is 0 Å². The van der Waals surface area contributed by atoms with E-state index in [1.54, 1.807) is 0 Å². The topological polar surface area (TPSA) is 3.24 Å². The molecule has 0 radical (unpaired) electrons. The normalized spacial score (nSPS) is 25.9. The standard InChI is InChI=1S/C10H19N.C3H8/c1-11-8-6-10(7-9-11)4-2-3-5-10;1-3-2/h2-9H2,1H3;3H2,1-2H3. The Morgan fingerprint density at radius 1 is 0.929 bits per heavy atom. The number of hydrogen-bond donors (Lipinski definition) is 0. The van der Waals surface area contributed by atoms with Crippen LogP contribution in [0.15, 0.2) is 0 Å². The molecule has 2 aliphatic rings. The van der Waals surface area contributed by atoms with Crippen LogP contribution in [0.3, 0.4) is 0 Å². The van der Waals surface area contributed by atoms with Gasteiger partial charge in [0.25, 0.3) is 0 Å². The predicted octanol–water partition coefficient (Wildman–Crippen LogP) is 3.69. The summed E-state index contributed by atoms with van der Waals surface area (Å²) in [6, 6.07) is 0. The summed E-state index contributed by atoms with van der Waals surface area (Å²) in [5, 5.41) is 0. The van der Waals surface area contributed by atoms with Crippen LogP contribution in [0.25, 0.3) is 0 Å². The molecule has 1 saturated carbocycles. The first kappa shape index (κ1) is 12.0. The van der Waals surface area contributed by atoms with E-state index in [-0.39, 0.29) is 0 Å². The Labute approximate surface area is 89.9 Å². The maximum absolute atomic E-state index is 2.48. The third-order valence-corrected chi connectivity index (χ3v) is 3.71. The minimum atomic E-state index is 0.812. The zero-order valence-corrected chi connectivity index (χ0v) is 10.3. The average molecular weight is 197 g/mol. The first-order valence-corrected chi connectivity index (χ1v) is 6.41. The van der Waals surface area contributed by atoms with Gasteiger partial charge in [0.2, 0.25) is 0 Å². The molecule has 0 unspecified atom stereocenters. The van der Waals surface area contributed by atoms with Gasteiger partial charge in [-0.1, -0.05) is 33.1 Å². The molecular weight excluding hydrogens is 170 g/mol. The van der Waals surface area contributed by atoms with E-state index in [4.69, 9.17) is 0 Å². The molecule has 0 N–H and O–H groups in total. The van der Waals surface area contributed by atoms with Crippen LogP contribution in [0.1, 0.15) is 58.8 Å².